The van der Waals surface area contributed by atoms with Crippen molar-refractivity contribution in [1.29, 1.82) is 0 Å². The Labute approximate surface area is 174 Å². The number of unbranched alkanes of at least 4 members (excludes halogenated alkanes) is 10. The van der Waals surface area contributed by atoms with Gasteiger partial charge in [-0.05, 0) is 62.4 Å². The summed E-state index contributed by atoms with van der Waals surface area (Å²) in [6.45, 7) is 4.42. The average molecular weight is 387 g/mol. The number of hydrogen-bond acceptors (Lipinski definition) is 2. The lowest BCUT2D eigenvalue weighted by molar-refractivity contribution is 0.280. The lowest BCUT2D eigenvalue weighted by Crippen LogP contribution is -1.96. The minimum Gasteiger partial charge on any atom is -0.384 e. The van der Waals surface area contributed by atoms with Gasteiger partial charge in [0.15, 0.2) is 0 Å². The van der Waals surface area contributed by atoms with E-state index in [2.05, 4.69) is 49.7 Å². The molecule has 0 saturated heterocycles. The van der Waals surface area contributed by atoms with Crippen LogP contribution in [0.3, 0.4) is 0 Å². The highest BCUT2D eigenvalue weighted by atomic mass is 16.3. The number of hydrogen-bond donors (Lipinski definition) is 2. The van der Waals surface area contributed by atoms with E-state index in [0.717, 1.165) is 18.8 Å². The smallest absolute Gasteiger partial charge is 0.134 e. The van der Waals surface area contributed by atoms with Crippen molar-refractivity contribution in [2.75, 3.05) is 6.61 Å². The van der Waals surface area contributed by atoms with Crippen LogP contribution in [0.5, 0.6) is 0 Å². The molecule has 0 spiro atoms. The molecule has 1 atom stereocenters. The van der Waals surface area contributed by atoms with E-state index >= 15 is 0 Å². The molecule has 2 nitrogen and oxygen atoms in total. The highest BCUT2D eigenvalue weighted by Crippen LogP contribution is 2.11. The van der Waals surface area contributed by atoms with Gasteiger partial charge in [0, 0.05) is 0 Å². The van der Waals surface area contributed by atoms with Gasteiger partial charge >= 0.3 is 0 Å². The molecule has 0 aliphatic heterocycles. The van der Waals surface area contributed by atoms with Crippen LogP contribution in [0.15, 0.2) is 24.3 Å². The van der Waals surface area contributed by atoms with Crippen LogP contribution in [0.1, 0.15) is 97.3 Å². The van der Waals surface area contributed by atoms with E-state index in [1.165, 1.54) is 70.6 Å². The van der Waals surface area contributed by atoms with Crippen LogP contribution in [0.25, 0.3) is 0 Å². The number of aliphatic hydroxyl groups is 2. The second kappa shape index (κ2) is 21.8. The van der Waals surface area contributed by atoms with Gasteiger partial charge in [-0.2, -0.15) is 0 Å². The summed E-state index contributed by atoms with van der Waals surface area (Å²) in [5, 5.41) is 18.1. The molecule has 0 aliphatic carbocycles. The maximum Gasteiger partial charge on any atom is 0.134 e. The molecule has 0 aliphatic rings. The van der Waals surface area contributed by atoms with E-state index in [1.54, 1.807) is 6.08 Å². The summed E-state index contributed by atoms with van der Waals surface area (Å²) < 4.78 is 0. The Morgan fingerprint density at radius 3 is 1.82 bits per heavy atom. The van der Waals surface area contributed by atoms with Crippen molar-refractivity contribution in [1.82, 2.24) is 0 Å². The lowest BCUT2D eigenvalue weighted by Gasteiger charge is -2.03. The van der Waals surface area contributed by atoms with Crippen molar-refractivity contribution in [2.24, 2.45) is 5.92 Å². The van der Waals surface area contributed by atoms with Gasteiger partial charge in [0.25, 0.3) is 0 Å². The third-order valence-electron chi connectivity index (χ3n) is 4.58. The predicted octanol–water partition coefficient (Wildman–Crippen LogP) is 6.19. The van der Waals surface area contributed by atoms with Crippen LogP contribution < -0.4 is 0 Å². The first-order valence-corrected chi connectivity index (χ1v) is 11.3. The zero-order valence-electron chi connectivity index (χ0n) is 18.3. The Morgan fingerprint density at radius 2 is 1.25 bits per heavy atom. The molecular weight excluding hydrogens is 344 g/mol. The fourth-order valence-corrected chi connectivity index (χ4v) is 2.93. The minimum atomic E-state index is -0.764. The fourth-order valence-electron chi connectivity index (χ4n) is 2.93. The summed E-state index contributed by atoms with van der Waals surface area (Å²) in [6, 6.07) is 0. The standard InChI is InChI=1S/C26H42O2/c1-25(2)21-17-14-12-10-8-6-4-3-5-7-9-11-13-15-18-22-26(28)23-19-16-20-24-27/h4,6,18,22,25-28H,3,5,7-15,17,21,24H2,1-2H3. The molecule has 0 amide bonds. The molecule has 0 saturated carbocycles. The van der Waals surface area contributed by atoms with Gasteiger partial charge in [0.05, 0.1) is 0 Å². The van der Waals surface area contributed by atoms with E-state index in [1.807, 2.05) is 6.08 Å². The van der Waals surface area contributed by atoms with Gasteiger partial charge in [0.1, 0.15) is 12.7 Å². The van der Waals surface area contributed by atoms with E-state index in [4.69, 9.17) is 5.11 Å². The average Bonchev–Trinajstić information content (AvgIpc) is 2.67. The Morgan fingerprint density at radius 1 is 0.714 bits per heavy atom. The van der Waals surface area contributed by atoms with Crippen LogP contribution >= 0.6 is 0 Å². The highest BCUT2D eigenvalue weighted by molar-refractivity contribution is 5.28. The maximum atomic E-state index is 9.59. The molecule has 28 heavy (non-hydrogen) atoms. The fraction of sp³-hybridized carbons (Fsp3) is 0.692. The van der Waals surface area contributed by atoms with E-state index in [-0.39, 0.29) is 6.61 Å². The SMILES string of the molecule is CC(C)CCCCCCC=CCCCCCCCC=CC(O)C#CC#CCO. The summed E-state index contributed by atoms with van der Waals surface area (Å²) in [4.78, 5) is 0. The summed E-state index contributed by atoms with van der Waals surface area (Å²) in [5.41, 5.74) is 0. The normalized spacial score (nSPS) is 12.2. The Kier molecular flexibility index (Phi) is 20.7. The van der Waals surface area contributed by atoms with Crippen molar-refractivity contribution in [3.05, 3.63) is 24.3 Å². The molecule has 2 N–H and O–H groups in total. The van der Waals surface area contributed by atoms with Crippen LogP contribution in [0.2, 0.25) is 0 Å². The van der Waals surface area contributed by atoms with Crippen molar-refractivity contribution >= 4 is 0 Å². The molecule has 0 aromatic carbocycles. The van der Waals surface area contributed by atoms with Crippen LogP contribution in [0, 0.1) is 29.6 Å². The van der Waals surface area contributed by atoms with Gasteiger partial charge < -0.3 is 10.2 Å². The van der Waals surface area contributed by atoms with E-state index in [9.17, 15) is 5.11 Å². The Hall–Kier alpha value is -1.48. The summed E-state index contributed by atoms with van der Waals surface area (Å²) in [6.07, 6.45) is 24.3. The van der Waals surface area contributed by atoms with Crippen LogP contribution in [-0.2, 0) is 0 Å². The van der Waals surface area contributed by atoms with Gasteiger partial charge in [0.2, 0.25) is 0 Å². The molecule has 0 bridgehead atoms. The molecule has 0 heterocycles. The largest absolute Gasteiger partial charge is 0.384 e. The van der Waals surface area contributed by atoms with Crippen molar-refractivity contribution < 1.29 is 10.2 Å². The minimum absolute atomic E-state index is 0.199. The summed E-state index contributed by atoms with van der Waals surface area (Å²) in [7, 11) is 0. The molecule has 0 fully saturated rings. The van der Waals surface area contributed by atoms with Crippen LogP contribution in [-0.4, -0.2) is 22.9 Å². The molecule has 1 unspecified atom stereocenters. The van der Waals surface area contributed by atoms with E-state index in [0.29, 0.717) is 0 Å². The third kappa shape index (κ3) is 22.6. The summed E-state index contributed by atoms with van der Waals surface area (Å²) in [5.74, 6) is 10.9. The van der Waals surface area contributed by atoms with Gasteiger partial charge in [-0.3, -0.25) is 0 Å². The van der Waals surface area contributed by atoms with Crippen LogP contribution in [0.4, 0.5) is 0 Å². The van der Waals surface area contributed by atoms with Crippen molar-refractivity contribution in [3.63, 3.8) is 0 Å². The topological polar surface area (TPSA) is 40.5 Å². The maximum absolute atomic E-state index is 9.59. The van der Waals surface area contributed by atoms with Gasteiger partial charge in [-0.1, -0.05) is 88.9 Å². The highest BCUT2D eigenvalue weighted by Gasteiger charge is 1.94. The molecule has 0 radical (unpaired) electrons. The molecule has 2 heteroatoms. The zero-order valence-corrected chi connectivity index (χ0v) is 18.3. The first kappa shape index (κ1) is 26.5. The number of aliphatic hydroxyl groups excluding tert-OH is 2. The monoisotopic (exact) mass is 386 g/mol. The first-order chi connectivity index (χ1) is 13.7. The number of allylic oxidation sites excluding steroid dienone is 3. The molecular formula is C26H42O2. The first-order valence-electron chi connectivity index (χ1n) is 11.3. The van der Waals surface area contributed by atoms with Gasteiger partial charge in [-0.15, -0.1) is 0 Å². The molecule has 0 aromatic rings. The summed E-state index contributed by atoms with van der Waals surface area (Å²) >= 11 is 0. The Bertz CT molecular complexity index is 508. The second-order valence-electron chi connectivity index (χ2n) is 7.80. The number of rotatable bonds is 16. The van der Waals surface area contributed by atoms with Crippen molar-refractivity contribution in [3.8, 4) is 23.7 Å². The predicted molar refractivity (Wildman–Crippen MR) is 122 cm³/mol. The zero-order chi connectivity index (χ0) is 20.7. The van der Waals surface area contributed by atoms with Gasteiger partial charge in [-0.25, -0.2) is 0 Å². The van der Waals surface area contributed by atoms with Crippen molar-refractivity contribution in [2.45, 2.75) is 103 Å². The second-order valence-corrected chi connectivity index (χ2v) is 7.80. The Balaban J connectivity index is 3.36. The quantitative estimate of drug-likeness (QED) is 0.189. The third-order valence-corrected chi connectivity index (χ3v) is 4.58. The lowest BCUT2D eigenvalue weighted by atomic mass is 10.0. The van der Waals surface area contributed by atoms with E-state index < -0.39 is 6.10 Å². The molecule has 0 rings (SSSR count). The molecule has 0 aromatic heterocycles. The molecule has 158 valence electrons.